The predicted octanol–water partition coefficient (Wildman–Crippen LogP) is 1.49. The summed E-state index contributed by atoms with van der Waals surface area (Å²) >= 11 is 0. The van der Waals surface area contributed by atoms with Crippen molar-refractivity contribution in [3.63, 3.8) is 0 Å². The van der Waals surface area contributed by atoms with Gasteiger partial charge in [0.25, 0.3) is 0 Å². The molecule has 1 aromatic rings. The van der Waals surface area contributed by atoms with Crippen LogP contribution < -0.4 is 0 Å². The molecule has 0 saturated carbocycles. The summed E-state index contributed by atoms with van der Waals surface area (Å²) in [6.07, 6.45) is 3.11. The first kappa shape index (κ1) is 17.8. The molecule has 5 heteroatoms. The second kappa shape index (κ2) is 8.31. The Balaban J connectivity index is 1.95. The number of carbonyl (C=O) groups excluding carboxylic acids is 1. The summed E-state index contributed by atoms with van der Waals surface area (Å²) in [7, 11) is 4.09. The molecular weight excluding hydrogens is 292 g/mol. The fourth-order valence-corrected chi connectivity index (χ4v) is 3.10. The molecule has 23 heavy (non-hydrogen) atoms. The maximum atomic E-state index is 12.6. The minimum Gasteiger partial charge on any atom is -0.508 e. The predicted molar refractivity (Wildman–Crippen MR) is 90.3 cm³/mol. The van der Waals surface area contributed by atoms with Crippen LogP contribution in [-0.2, 0) is 11.2 Å². The fourth-order valence-electron chi connectivity index (χ4n) is 3.10. The van der Waals surface area contributed by atoms with Gasteiger partial charge in [0.1, 0.15) is 5.75 Å². The van der Waals surface area contributed by atoms with Crippen molar-refractivity contribution in [3.05, 3.63) is 29.8 Å². The number of aliphatic hydroxyl groups is 1. The third-order valence-electron chi connectivity index (χ3n) is 4.72. The lowest BCUT2D eigenvalue weighted by Crippen LogP contribution is -2.42. The molecule has 128 valence electrons. The molecule has 0 unspecified atom stereocenters. The first-order valence-corrected chi connectivity index (χ1v) is 8.32. The number of aliphatic hydroxyl groups excluding tert-OH is 1. The van der Waals surface area contributed by atoms with Gasteiger partial charge in [-0.15, -0.1) is 0 Å². The van der Waals surface area contributed by atoms with Gasteiger partial charge >= 0.3 is 0 Å². The van der Waals surface area contributed by atoms with Crippen molar-refractivity contribution in [3.8, 4) is 5.75 Å². The van der Waals surface area contributed by atoms with Crippen molar-refractivity contribution in [1.82, 2.24) is 9.80 Å². The molecule has 0 spiro atoms. The van der Waals surface area contributed by atoms with E-state index in [1.54, 1.807) is 12.1 Å². The molecule has 0 radical (unpaired) electrons. The maximum absolute atomic E-state index is 12.6. The van der Waals surface area contributed by atoms with E-state index in [1.807, 2.05) is 31.1 Å². The highest BCUT2D eigenvalue weighted by Gasteiger charge is 2.27. The number of amides is 1. The Morgan fingerprint density at radius 3 is 2.52 bits per heavy atom. The molecule has 0 bridgehead atoms. The Bertz CT molecular complexity index is 501. The van der Waals surface area contributed by atoms with Crippen molar-refractivity contribution in [2.75, 3.05) is 33.8 Å². The van der Waals surface area contributed by atoms with Gasteiger partial charge in [0, 0.05) is 32.2 Å². The number of phenolic OH excluding ortho intramolecular Hbond substituents is 1. The molecular formula is C18H28N2O3. The maximum Gasteiger partial charge on any atom is 0.222 e. The minimum atomic E-state index is 0.141. The standard InChI is InChI=1S/C18H28N2O3/c1-19(2)16-7-3-15(13-21)11-20(12-16)18(23)10-6-14-4-8-17(22)9-5-14/h4-5,8-9,15-16,21-22H,3,6-7,10-13H2,1-2H3/t15-,16+/m0/s1. The number of aryl methyl sites for hydroxylation is 1. The number of benzene rings is 1. The molecule has 1 amide bonds. The van der Waals surface area contributed by atoms with Gasteiger partial charge in [-0.3, -0.25) is 4.79 Å². The summed E-state index contributed by atoms with van der Waals surface area (Å²) < 4.78 is 0. The SMILES string of the molecule is CN(C)[C@@H]1CC[C@H](CO)CN(C(=O)CCc2ccc(O)cc2)C1. The topological polar surface area (TPSA) is 64.0 Å². The van der Waals surface area contributed by atoms with Crippen molar-refractivity contribution < 1.29 is 15.0 Å². The van der Waals surface area contributed by atoms with Gasteiger partial charge in [-0.05, 0) is 57.0 Å². The van der Waals surface area contributed by atoms with Crippen molar-refractivity contribution in [1.29, 1.82) is 0 Å². The van der Waals surface area contributed by atoms with E-state index in [0.717, 1.165) is 24.9 Å². The summed E-state index contributed by atoms with van der Waals surface area (Å²) in [5.74, 6) is 0.565. The van der Waals surface area contributed by atoms with E-state index in [9.17, 15) is 15.0 Å². The Morgan fingerprint density at radius 2 is 1.91 bits per heavy atom. The fraction of sp³-hybridized carbons (Fsp3) is 0.611. The second-order valence-electron chi connectivity index (χ2n) is 6.71. The van der Waals surface area contributed by atoms with Crippen LogP contribution in [0.4, 0.5) is 0 Å². The quantitative estimate of drug-likeness (QED) is 0.863. The smallest absolute Gasteiger partial charge is 0.222 e. The third-order valence-corrected chi connectivity index (χ3v) is 4.72. The monoisotopic (exact) mass is 320 g/mol. The highest BCUT2D eigenvalue weighted by molar-refractivity contribution is 5.76. The lowest BCUT2D eigenvalue weighted by Gasteiger charge is -2.29. The van der Waals surface area contributed by atoms with Gasteiger partial charge in [-0.25, -0.2) is 0 Å². The van der Waals surface area contributed by atoms with E-state index < -0.39 is 0 Å². The number of phenols is 1. The zero-order valence-electron chi connectivity index (χ0n) is 14.1. The first-order chi connectivity index (χ1) is 11.0. The second-order valence-corrected chi connectivity index (χ2v) is 6.71. The summed E-state index contributed by atoms with van der Waals surface area (Å²) in [4.78, 5) is 16.7. The molecule has 0 aliphatic carbocycles. The number of hydrogen-bond acceptors (Lipinski definition) is 4. The average Bonchev–Trinajstić information content (AvgIpc) is 2.77. The molecule has 2 N–H and O–H groups in total. The van der Waals surface area contributed by atoms with Crippen LogP contribution in [0.2, 0.25) is 0 Å². The van der Waals surface area contributed by atoms with E-state index in [0.29, 0.717) is 25.4 Å². The zero-order valence-corrected chi connectivity index (χ0v) is 14.1. The zero-order chi connectivity index (χ0) is 16.8. The van der Waals surface area contributed by atoms with Gasteiger partial charge in [0.2, 0.25) is 5.91 Å². The van der Waals surface area contributed by atoms with Crippen molar-refractivity contribution in [2.24, 2.45) is 5.92 Å². The summed E-state index contributed by atoms with van der Waals surface area (Å²) in [6.45, 7) is 1.52. The van der Waals surface area contributed by atoms with Crippen LogP contribution in [0.25, 0.3) is 0 Å². The largest absolute Gasteiger partial charge is 0.508 e. The van der Waals surface area contributed by atoms with Gasteiger partial charge < -0.3 is 20.0 Å². The van der Waals surface area contributed by atoms with E-state index in [-0.39, 0.29) is 24.2 Å². The van der Waals surface area contributed by atoms with Crippen molar-refractivity contribution in [2.45, 2.75) is 31.7 Å². The molecule has 2 atom stereocenters. The Morgan fingerprint density at radius 1 is 1.22 bits per heavy atom. The lowest BCUT2D eigenvalue weighted by molar-refractivity contribution is -0.132. The van der Waals surface area contributed by atoms with Crippen LogP contribution in [-0.4, -0.2) is 65.8 Å². The highest BCUT2D eigenvalue weighted by atomic mass is 16.3. The number of nitrogens with zero attached hydrogens (tertiary/aromatic N) is 2. The van der Waals surface area contributed by atoms with E-state index in [1.165, 1.54) is 0 Å². The molecule has 2 rings (SSSR count). The number of rotatable bonds is 5. The lowest BCUT2D eigenvalue weighted by atomic mass is 10.0. The number of hydrogen-bond donors (Lipinski definition) is 2. The first-order valence-electron chi connectivity index (χ1n) is 8.32. The summed E-state index contributed by atoms with van der Waals surface area (Å²) in [6, 6.07) is 7.35. The number of likely N-dealkylation sites (tertiary alicyclic amines) is 1. The van der Waals surface area contributed by atoms with Crippen LogP contribution in [0.5, 0.6) is 5.75 Å². The summed E-state index contributed by atoms with van der Waals surface area (Å²) in [5.41, 5.74) is 1.05. The number of aromatic hydroxyl groups is 1. The highest BCUT2D eigenvalue weighted by Crippen LogP contribution is 2.20. The molecule has 1 fully saturated rings. The minimum absolute atomic E-state index is 0.141. The van der Waals surface area contributed by atoms with E-state index >= 15 is 0 Å². The van der Waals surface area contributed by atoms with Crippen molar-refractivity contribution >= 4 is 5.91 Å². The molecule has 1 heterocycles. The molecule has 1 aliphatic heterocycles. The third kappa shape index (κ3) is 5.22. The molecule has 1 aliphatic rings. The molecule has 1 aromatic carbocycles. The van der Waals surface area contributed by atoms with E-state index in [2.05, 4.69) is 4.90 Å². The average molecular weight is 320 g/mol. The Kier molecular flexibility index (Phi) is 6.42. The molecule has 1 saturated heterocycles. The normalized spacial score (nSPS) is 22.2. The van der Waals surface area contributed by atoms with Gasteiger partial charge in [-0.1, -0.05) is 12.1 Å². The van der Waals surface area contributed by atoms with Gasteiger partial charge in [0.05, 0.1) is 0 Å². The Labute approximate surface area is 138 Å². The van der Waals surface area contributed by atoms with Crippen LogP contribution in [0.3, 0.4) is 0 Å². The van der Waals surface area contributed by atoms with Crippen LogP contribution in [0.15, 0.2) is 24.3 Å². The Hall–Kier alpha value is -1.59. The summed E-state index contributed by atoms with van der Waals surface area (Å²) in [5, 5.41) is 18.8. The number of likely N-dealkylation sites (N-methyl/N-ethyl adjacent to an activating group) is 1. The van der Waals surface area contributed by atoms with Crippen LogP contribution in [0, 0.1) is 5.92 Å². The van der Waals surface area contributed by atoms with Crippen LogP contribution in [0.1, 0.15) is 24.8 Å². The van der Waals surface area contributed by atoms with Gasteiger partial charge in [-0.2, -0.15) is 0 Å². The molecule has 5 nitrogen and oxygen atoms in total. The molecule has 0 aromatic heterocycles. The number of carbonyl (C=O) groups is 1. The van der Waals surface area contributed by atoms with E-state index in [4.69, 9.17) is 0 Å². The van der Waals surface area contributed by atoms with Crippen LogP contribution >= 0.6 is 0 Å². The van der Waals surface area contributed by atoms with Gasteiger partial charge in [0.15, 0.2) is 0 Å².